The van der Waals surface area contributed by atoms with Crippen molar-refractivity contribution in [3.8, 4) is 0 Å². The third kappa shape index (κ3) is 2.35. The summed E-state index contributed by atoms with van der Waals surface area (Å²) < 4.78 is 12.7. The zero-order chi connectivity index (χ0) is 14.2. The molecule has 3 aromatic rings. The number of rotatable bonds is 5. The molecule has 3 aromatic heterocycles. The van der Waals surface area contributed by atoms with Gasteiger partial charge in [-0.1, -0.05) is 0 Å². The van der Waals surface area contributed by atoms with E-state index in [4.69, 9.17) is 8.83 Å². The van der Waals surface area contributed by atoms with E-state index in [0.29, 0.717) is 18.2 Å². The first-order valence-corrected chi connectivity index (χ1v) is 7.18. The summed E-state index contributed by atoms with van der Waals surface area (Å²) in [6.45, 7) is 1.27. The Hall–Kier alpha value is -2.43. The van der Waals surface area contributed by atoms with Gasteiger partial charge in [-0.25, -0.2) is 0 Å². The molecule has 1 fully saturated rings. The maximum Gasteiger partial charge on any atom is 0.268 e. The van der Waals surface area contributed by atoms with Crippen LogP contribution < -0.4 is 5.32 Å². The lowest BCUT2D eigenvalue weighted by Gasteiger charge is -2.09. The Balaban J connectivity index is 1.58. The maximum atomic E-state index is 12.4. The molecule has 21 heavy (non-hydrogen) atoms. The van der Waals surface area contributed by atoms with Gasteiger partial charge in [-0.2, -0.15) is 0 Å². The quantitative estimate of drug-likeness (QED) is 0.782. The van der Waals surface area contributed by atoms with Crippen molar-refractivity contribution in [2.24, 2.45) is 5.92 Å². The molecular weight excluding hydrogens is 268 g/mol. The van der Waals surface area contributed by atoms with E-state index in [1.165, 1.54) is 12.8 Å². The molecule has 1 aliphatic rings. The van der Waals surface area contributed by atoms with Crippen LogP contribution in [0.1, 0.15) is 29.1 Å². The number of carbonyl (C=O) groups excluding carboxylic acids is 1. The summed E-state index contributed by atoms with van der Waals surface area (Å²) >= 11 is 0. The normalized spacial score (nSPS) is 14.7. The second kappa shape index (κ2) is 4.84. The average molecular weight is 284 g/mol. The molecule has 1 aliphatic carbocycles. The highest BCUT2D eigenvalue weighted by Crippen LogP contribution is 2.33. The van der Waals surface area contributed by atoms with Crippen molar-refractivity contribution in [1.29, 1.82) is 0 Å². The summed E-state index contributed by atoms with van der Waals surface area (Å²) in [5.74, 6) is 1.33. The molecule has 5 heteroatoms. The molecule has 1 amide bonds. The molecule has 0 aliphatic heterocycles. The maximum absolute atomic E-state index is 12.4. The second-order valence-electron chi connectivity index (χ2n) is 5.52. The van der Waals surface area contributed by atoms with Crippen molar-refractivity contribution in [2.75, 3.05) is 0 Å². The largest absolute Gasteiger partial charge is 0.467 e. The molecule has 0 bridgehead atoms. The summed E-state index contributed by atoms with van der Waals surface area (Å²) in [4.78, 5) is 12.4. The van der Waals surface area contributed by atoms with Crippen LogP contribution in [0.25, 0.3) is 11.1 Å². The van der Waals surface area contributed by atoms with Crippen LogP contribution >= 0.6 is 0 Å². The molecule has 0 saturated heterocycles. The summed E-state index contributed by atoms with van der Waals surface area (Å²) in [7, 11) is 0. The summed E-state index contributed by atoms with van der Waals surface area (Å²) in [6, 6.07) is 7.38. The smallest absolute Gasteiger partial charge is 0.268 e. The highest BCUT2D eigenvalue weighted by atomic mass is 16.3. The van der Waals surface area contributed by atoms with E-state index >= 15 is 0 Å². The number of furan rings is 2. The van der Waals surface area contributed by atoms with Crippen molar-refractivity contribution < 1.29 is 13.6 Å². The van der Waals surface area contributed by atoms with Gasteiger partial charge in [-0.15, -0.1) is 0 Å². The predicted molar refractivity (Wildman–Crippen MR) is 76.8 cm³/mol. The van der Waals surface area contributed by atoms with Crippen LogP contribution in [-0.4, -0.2) is 10.5 Å². The Morgan fingerprint density at radius 2 is 2.19 bits per heavy atom. The highest BCUT2D eigenvalue weighted by Gasteiger charge is 2.26. The lowest BCUT2D eigenvalue weighted by molar-refractivity contribution is 0.0938. The number of carbonyl (C=O) groups is 1. The molecule has 0 spiro atoms. The Bertz CT molecular complexity index is 763. The van der Waals surface area contributed by atoms with Crippen molar-refractivity contribution in [3.63, 3.8) is 0 Å². The molecule has 1 saturated carbocycles. The van der Waals surface area contributed by atoms with Crippen LogP contribution in [-0.2, 0) is 13.1 Å². The average Bonchev–Trinajstić information content (AvgIpc) is 2.92. The lowest BCUT2D eigenvalue weighted by atomic mass is 10.3. The molecule has 0 aromatic carbocycles. The van der Waals surface area contributed by atoms with Gasteiger partial charge in [0.2, 0.25) is 0 Å². The van der Waals surface area contributed by atoms with Gasteiger partial charge in [-0.05, 0) is 30.9 Å². The van der Waals surface area contributed by atoms with E-state index in [2.05, 4.69) is 9.88 Å². The fourth-order valence-electron chi connectivity index (χ4n) is 2.59. The molecule has 108 valence electrons. The number of hydrogen-bond donors (Lipinski definition) is 1. The minimum atomic E-state index is -0.0987. The van der Waals surface area contributed by atoms with Crippen LogP contribution in [0.4, 0.5) is 0 Å². The number of nitrogens with zero attached hydrogens (tertiary/aromatic N) is 1. The molecule has 4 rings (SSSR count). The Morgan fingerprint density at radius 1 is 1.29 bits per heavy atom. The van der Waals surface area contributed by atoms with Gasteiger partial charge < -0.3 is 18.7 Å². The number of nitrogens with one attached hydrogen (secondary N) is 1. The SMILES string of the molecule is O=C(NCc1ccco1)c1cc2occc2n1CC1CC1. The van der Waals surface area contributed by atoms with Crippen LogP contribution in [0.5, 0.6) is 0 Å². The molecule has 0 atom stereocenters. The zero-order valence-electron chi connectivity index (χ0n) is 11.5. The Morgan fingerprint density at radius 3 is 2.95 bits per heavy atom. The number of aromatic nitrogens is 1. The van der Waals surface area contributed by atoms with Crippen molar-refractivity contribution >= 4 is 17.0 Å². The number of amides is 1. The van der Waals surface area contributed by atoms with Gasteiger partial charge in [0.15, 0.2) is 5.58 Å². The predicted octanol–water partition coefficient (Wildman–Crippen LogP) is 3.17. The van der Waals surface area contributed by atoms with Crippen LogP contribution in [0, 0.1) is 5.92 Å². The standard InChI is InChI=1S/C16H16N2O3/c19-16(17-9-12-2-1-6-20-12)14-8-15-13(5-7-21-15)18(14)10-11-3-4-11/h1-2,5-8,11H,3-4,9-10H2,(H,17,19). The minimum Gasteiger partial charge on any atom is -0.467 e. The summed E-state index contributed by atoms with van der Waals surface area (Å²) in [5, 5.41) is 2.89. The lowest BCUT2D eigenvalue weighted by Crippen LogP contribution is -2.25. The molecule has 1 N–H and O–H groups in total. The van der Waals surface area contributed by atoms with Crippen molar-refractivity contribution in [2.45, 2.75) is 25.9 Å². The highest BCUT2D eigenvalue weighted by molar-refractivity contribution is 5.97. The van der Waals surface area contributed by atoms with Crippen molar-refractivity contribution in [3.05, 3.63) is 48.2 Å². The van der Waals surface area contributed by atoms with Gasteiger partial charge in [0.05, 0.1) is 24.6 Å². The first-order chi connectivity index (χ1) is 10.3. The van der Waals surface area contributed by atoms with Gasteiger partial charge in [0.25, 0.3) is 5.91 Å². The van der Waals surface area contributed by atoms with E-state index in [1.807, 2.05) is 24.3 Å². The third-order valence-electron chi connectivity index (χ3n) is 3.90. The number of fused-ring (bicyclic) bond motifs is 1. The topological polar surface area (TPSA) is 60.3 Å². The summed E-state index contributed by atoms with van der Waals surface area (Å²) in [6.07, 6.45) is 5.75. The van der Waals surface area contributed by atoms with Gasteiger partial charge in [-0.3, -0.25) is 4.79 Å². The zero-order valence-corrected chi connectivity index (χ0v) is 11.5. The van der Waals surface area contributed by atoms with Gasteiger partial charge in [0, 0.05) is 18.7 Å². The fraction of sp³-hybridized carbons (Fsp3) is 0.312. The van der Waals surface area contributed by atoms with Gasteiger partial charge >= 0.3 is 0 Å². The molecule has 5 nitrogen and oxygen atoms in total. The van der Waals surface area contributed by atoms with Crippen LogP contribution in [0.15, 0.2) is 45.6 Å². The first kappa shape index (κ1) is 12.3. The van der Waals surface area contributed by atoms with E-state index in [1.54, 1.807) is 12.5 Å². The van der Waals surface area contributed by atoms with E-state index in [-0.39, 0.29) is 5.91 Å². The van der Waals surface area contributed by atoms with Crippen LogP contribution in [0.2, 0.25) is 0 Å². The van der Waals surface area contributed by atoms with E-state index in [9.17, 15) is 4.79 Å². The minimum absolute atomic E-state index is 0.0987. The Kier molecular flexibility index (Phi) is 2.84. The molecule has 3 heterocycles. The monoisotopic (exact) mass is 284 g/mol. The summed E-state index contributed by atoms with van der Waals surface area (Å²) in [5.41, 5.74) is 2.41. The first-order valence-electron chi connectivity index (χ1n) is 7.18. The third-order valence-corrected chi connectivity index (χ3v) is 3.90. The molecule has 0 unspecified atom stereocenters. The van der Waals surface area contributed by atoms with Gasteiger partial charge in [0.1, 0.15) is 11.5 Å². The fourth-order valence-corrected chi connectivity index (χ4v) is 2.59. The number of hydrogen-bond acceptors (Lipinski definition) is 3. The van der Waals surface area contributed by atoms with Crippen molar-refractivity contribution in [1.82, 2.24) is 9.88 Å². The molecule has 0 radical (unpaired) electrons. The second-order valence-corrected chi connectivity index (χ2v) is 5.52. The van der Waals surface area contributed by atoms with E-state index < -0.39 is 0 Å². The van der Waals surface area contributed by atoms with E-state index in [0.717, 1.165) is 23.4 Å². The Labute approximate surface area is 121 Å². The molecular formula is C16H16N2O3. The van der Waals surface area contributed by atoms with Crippen LogP contribution in [0.3, 0.4) is 0 Å².